The highest BCUT2D eigenvalue weighted by Gasteiger charge is 2.92. The van der Waals surface area contributed by atoms with Crippen molar-refractivity contribution in [3.05, 3.63) is 89.5 Å². The van der Waals surface area contributed by atoms with Crippen LogP contribution in [0, 0.1) is 5.92 Å². The van der Waals surface area contributed by atoms with Crippen molar-refractivity contribution in [2.75, 3.05) is 7.11 Å². The molecule has 1 aliphatic carbocycles. The topological polar surface area (TPSA) is 54.1 Å². The first-order valence-electron chi connectivity index (χ1n) is 13.5. The molecule has 0 radical (unpaired) electrons. The van der Waals surface area contributed by atoms with Crippen LogP contribution in [0.4, 0.5) is 0 Å². The summed E-state index contributed by atoms with van der Waals surface area (Å²) in [5, 5.41) is 16.9. The molecule has 1 N–H and O–H groups in total. The van der Waals surface area contributed by atoms with Gasteiger partial charge < -0.3 is 14.6 Å². The summed E-state index contributed by atoms with van der Waals surface area (Å²) in [6.45, 7) is 8.59. The Morgan fingerprint density at radius 1 is 0.921 bits per heavy atom. The number of fused-ring (bicyclic) bond motifs is 11. The number of hydrogen-bond acceptors (Lipinski definition) is 4. The van der Waals surface area contributed by atoms with Crippen LogP contribution in [0.3, 0.4) is 0 Å². The quantitative estimate of drug-likeness (QED) is 0.280. The number of aliphatic hydroxyl groups is 1. The summed E-state index contributed by atoms with van der Waals surface area (Å²) in [6.07, 6.45) is -0.355. The van der Waals surface area contributed by atoms with Gasteiger partial charge in [-0.15, -0.1) is 0 Å². The van der Waals surface area contributed by atoms with E-state index in [1.807, 2.05) is 0 Å². The number of ether oxygens (including phenoxy) is 2. The van der Waals surface area contributed by atoms with Crippen molar-refractivity contribution in [2.24, 2.45) is 10.9 Å². The van der Waals surface area contributed by atoms with E-state index in [1.54, 1.807) is 7.11 Å². The molecular formula is C33H31N2O3+. The molecule has 1 fully saturated rings. The third kappa shape index (κ3) is 2.29. The van der Waals surface area contributed by atoms with Crippen molar-refractivity contribution in [1.82, 2.24) is 0 Å². The second-order valence-corrected chi connectivity index (χ2v) is 11.9. The molecule has 0 spiro atoms. The van der Waals surface area contributed by atoms with Gasteiger partial charge in [0.1, 0.15) is 22.8 Å². The van der Waals surface area contributed by atoms with Gasteiger partial charge in [0, 0.05) is 18.2 Å². The van der Waals surface area contributed by atoms with Crippen molar-refractivity contribution in [1.29, 1.82) is 0 Å². The summed E-state index contributed by atoms with van der Waals surface area (Å²) in [4.78, 5) is 5.25. The number of rotatable bonds is 2. The van der Waals surface area contributed by atoms with Crippen LogP contribution in [0.5, 0.6) is 5.75 Å². The lowest BCUT2D eigenvalue weighted by atomic mass is 9.76. The minimum absolute atomic E-state index is 0.0971. The summed E-state index contributed by atoms with van der Waals surface area (Å²) in [5.74, 6) is 0.465. The van der Waals surface area contributed by atoms with Crippen molar-refractivity contribution < 1.29 is 19.2 Å². The number of benzene rings is 4. The van der Waals surface area contributed by atoms with Crippen molar-refractivity contribution in [2.45, 2.75) is 56.6 Å². The Kier molecular flexibility index (Phi) is 4.08. The highest BCUT2D eigenvalue weighted by atomic mass is 16.6. The molecule has 3 heterocycles. The second kappa shape index (κ2) is 6.90. The molecule has 3 aliphatic heterocycles. The van der Waals surface area contributed by atoms with E-state index in [0.717, 1.165) is 44.8 Å². The molecule has 4 aromatic carbocycles. The lowest BCUT2D eigenvalue weighted by molar-refractivity contribution is -0.502. The molecule has 0 saturated heterocycles. The van der Waals surface area contributed by atoms with Crippen LogP contribution in [-0.4, -0.2) is 45.9 Å². The van der Waals surface area contributed by atoms with E-state index in [0.29, 0.717) is 0 Å². The van der Waals surface area contributed by atoms with E-state index in [1.165, 1.54) is 10.8 Å². The lowest BCUT2D eigenvalue weighted by Crippen LogP contribution is -2.53. The van der Waals surface area contributed by atoms with Gasteiger partial charge >= 0.3 is 5.84 Å². The monoisotopic (exact) mass is 503 g/mol. The van der Waals surface area contributed by atoms with Gasteiger partial charge in [-0.2, -0.15) is 0 Å². The van der Waals surface area contributed by atoms with Gasteiger partial charge in [0.05, 0.1) is 5.92 Å². The molecule has 38 heavy (non-hydrogen) atoms. The Labute approximate surface area is 222 Å². The van der Waals surface area contributed by atoms with E-state index < -0.39 is 16.7 Å². The number of aliphatic imine (C=N–C) groups is 1. The SMILES string of the molecule is COC1(O)C2(C)c3cc4ccccc4cc3C3=[N+](C(C(C)C)=NC4Oc5cc6ccccc6cc5C34)C12C. The third-order valence-corrected chi connectivity index (χ3v) is 9.98. The first-order valence-corrected chi connectivity index (χ1v) is 13.5. The first kappa shape index (κ1) is 22.4. The fourth-order valence-corrected chi connectivity index (χ4v) is 7.85. The molecule has 4 aromatic rings. The van der Waals surface area contributed by atoms with Crippen molar-refractivity contribution >= 4 is 33.1 Å². The Morgan fingerprint density at radius 2 is 1.53 bits per heavy atom. The average Bonchev–Trinajstić information content (AvgIpc) is 3.15. The van der Waals surface area contributed by atoms with Crippen LogP contribution in [0.25, 0.3) is 21.5 Å². The highest BCUT2D eigenvalue weighted by Crippen LogP contribution is 2.71. The molecular weight excluding hydrogens is 472 g/mol. The lowest BCUT2D eigenvalue weighted by Gasteiger charge is -2.34. The number of nitrogens with zero attached hydrogens (tertiary/aromatic N) is 2. The van der Waals surface area contributed by atoms with Gasteiger partial charge in [0.2, 0.25) is 5.79 Å². The van der Waals surface area contributed by atoms with Gasteiger partial charge in [-0.05, 0) is 70.2 Å². The zero-order chi connectivity index (χ0) is 26.2. The summed E-state index contributed by atoms with van der Waals surface area (Å²) >= 11 is 0. The highest BCUT2D eigenvalue weighted by molar-refractivity contribution is 6.12. The Balaban J connectivity index is 1.50. The van der Waals surface area contributed by atoms with E-state index in [9.17, 15) is 5.11 Å². The van der Waals surface area contributed by atoms with E-state index in [2.05, 4.69) is 105 Å². The number of methoxy groups -OCH3 is 1. The molecule has 8 rings (SSSR count). The smallest absolute Gasteiger partial charge is 0.300 e. The molecule has 4 aliphatic rings. The Morgan fingerprint density at radius 3 is 2.16 bits per heavy atom. The number of amidine groups is 1. The second-order valence-electron chi connectivity index (χ2n) is 11.9. The Bertz CT molecular complexity index is 1790. The van der Waals surface area contributed by atoms with Gasteiger partial charge in [-0.3, -0.25) is 0 Å². The maximum atomic E-state index is 12.2. The van der Waals surface area contributed by atoms with Gasteiger partial charge in [0.25, 0.3) is 6.23 Å². The third-order valence-electron chi connectivity index (χ3n) is 9.98. The first-order chi connectivity index (χ1) is 18.2. The molecule has 0 aromatic heterocycles. The summed E-state index contributed by atoms with van der Waals surface area (Å²) in [6, 6.07) is 25.9. The largest absolute Gasteiger partial charge is 0.447 e. The van der Waals surface area contributed by atoms with Crippen LogP contribution in [0.2, 0.25) is 0 Å². The van der Waals surface area contributed by atoms with Crippen molar-refractivity contribution in [3.63, 3.8) is 0 Å². The molecule has 0 bridgehead atoms. The van der Waals surface area contributed by atoms with Crippen LogP contribution < -0.4 is 4.74 Å². The van der Waals surface area contributed by atoms with E-state index in [-0.39, 0.29) is 18.1 Å². The van der Waals surface area contributed by atoms with Gasteiger partial charge in [-0.25, -0.2) is 4.58 Å². The molecule has 5 atom stereocenters. The number of hydrogen-bond donors (Lipinski definition) is 1. The predicted molar refractivity (Wildman–Crippen MR) is 149 cm³/mol. The molecule has 1 saturated carbocycles. The normalized spacial score (nSPS) is 32.3. The van der Waals surface area contributed by atoms with Gasteiger partial charge in [-0.1, -0.05) is 62.4 Å². The fourth-order valence-electron chi connectivity index (χ4n) is 7.85. The molecule has 5 heteroatoms. The molecule has 0 amide bonds. The predicted octanol–water partition coefficient (Wildman–Crippen LogP) is 5.74. The summed E-state index contributed by atoms with van der Waals surface area (Å²) in [5.41, 5.74) is 3.18. The van der Waals surface area contributed by atoms with E-state index in [4.69, 9.17) is 14.5 Å². The minimum atomic E-state index is -1.38. The molecule has 190 valence electrons. The standard InChI is InChI=1S/C33H31N2O3/c1-18(2)29-34-30-27(24-15-20-11-7-9-13-22(20)17-26(24)38-30)28-23-14-19-10-6-8-12-21(19)16-25(23)31(3)32(4,35(28)29)33(31,36)37-5/h6-18,27,30,36H,1-5H3/q+1. The van der Waals surface area contributed by atoms with Crippen LogP contribution in [-0.2, 0) is 10.2 Å². The van der Waals surface area contributed by atoms with Gasteiger partial charge in [0.15, 0.2) is 5.54 Å². The van der Waals surface area contributed by atoms with Crippen LogP contribution in [0.15, 0.2) is 77.8 Å². The average molecular weight is 504 g/mol. The molecule has 5 nitrogen and oxygen atoms in total. The van der Waals surface area contributed by atoms with Crippen molar-refractivity contribution in [3.8, 4) is 5.75 Å². The zero-order valence-electron chi connectivity index (χ0n) is 22.3. The maximum absolute atomic E-state index is 12.2. The van der Waals surface area contributed by atoms with Crippen LogP contribution >= 0.6 is 0 Å². The zero-order valence-corrected chi connectivity index (χ0v) is 22.3. The van der Waals surface area contributed by atoms with E-state index >= 15 is 0 Å². The van der Waals surface area contributed by atoms with Crippen LogP contribution in [0.1, 0.15) is 50.3 Å². The molecule has 5 unspecified atom stereocenters. The Hall–Kier alpha value is -3.54. The fraction of sp³-hybridized carbons (Fsp3) is 0.333. The summed E-state index contributed by atoms with van der Waals surface area (Å²) < 4.78 is 14.9. The maximum Gasteiger partial charge on any atom is 0.300 e. The minimum Gasteiger partial charge on any atom is -0.447 e. The summed E-state index contributed by atoms with van der Waals surface area (Å²) in [7, 11) is 1.62.